The number of esters is 1. The molecule has 2 aromatic rings. The van der Waals surface area contributed by atoms with E-state index in [1.54, 1.807) is 0 Å². The number of carbonyl (C=O) groups excluding carboxylic acids is 2. The number of aryl methyl sites for hydroxylation is 2. The third-order valence-corrected chi connectivity index (χ3v) is 5.07. The summed E-state index contributed by atoms with van der Waals surface area (Å²) in [5.74, 6) is -6.00. The van der Waals surface area contributed by atoms with Gasteiger partial charge in [-0.15, -0.1) is 11.8 Å². The quantitative estimate of drug-likeness (QED) is 0.458. The largest absolute Gasteiger partial charge is 0.455 e. The molecule has 1 aliphatic carbocycles. The van der Waals surface area contributed by atoms with Crippen LogP contribution in [0.2, 0.25) is 0 Å². The van der Waals surface area contributed by atoms with E-state index in [1.807, 2.05) is 11.4 Å². The minimum atomic E-state index is -1.68. The van der Waals surface area contributed by atoms with Gasteiger partial charge in [-0.2, -0.15) is 0 Å². The van der Waals surface area contributed by atoms with Crippen LogP contribution in [0.25, 0.3) is 0 Å². The maximum atomic E-state index is 13.5. The van der Waals surface area contributed by atoms with E-state index in [4.69, 9.17) is 4.74 Å². The van der Waals surface area contributed by atoms with Crippen molar-refractivity contribution in [2.24, 2.45) is 0 Å². The molecule has 8 heteroatoms. The zero-order valence-corrected chi connectivity index (χ0v) is 15.0. The van der Waals surface area contributed by atoms with Gasteiger partial charge in [-0.05, 0) is 54.7 Å². The Morgan fingerprint density at radius 2 is 1.81 bits per heavy atom. The van der Waals surface area contributed by atoms with E-state index in [0.29, 0.717) is 6.07 Å². The summed E-state index contributed by atoms with van der Waals surface area (Å²) >= 11 is 1.30. The number of carbonyl (C=O) groups is 2. The number of hydrogen-bond acceptors (Lipinski definition) is 4. The zero-order valence-electron chi connectivity index (χ0n) is 14.2. The Kier molecular flexibility index (Phi) is 6.05. The molecule has 2 aromatic carbocycles. The second-order valence-corrected chi connectivity index (χ2v) is 7.05. The lowest BCUT2D eigenvalue weighted by atomic mass is 10.1. The van der Waals surface area contributed by atoms with Gasteiger partial charge >= 0.3 is 5.97 Å². The lowest BCUT2D eigenvalue weighted by Gasteiger charge is -2.08. The van der Waals surface area contributed by atoms with Gasteiger partial charge in [0.2, 0.25) is 0 Å². The number of halogens is 3. The van der Waals surface area contributed by atoms with E-state index in [1.165, 1.54) is 22.9 Å². The fourth-order valence-corrected chi connectivity index (χ4v) is 3.53. The molecule has 142 valence electrons. The van der Waals surface area contributed by atoms with Crippen LogP contribution in [0.5, 0.6) is 0 Å². The van der Waals surface area contributed by atoms with Crippen molar-refractivity contribution in [2.45, 2.75) is 24.2 Å². The van der Waals surface area contributed by atoms with E-state index in [2.05, 4.69) is 12.1 Å². The lowest BCUT2D eigenvalue weighted by Crippen LogP contribution is -2.22. The summed E-state index contributed by atoms with van der Waals surface area (Å²) in [6.07, 6.45) is 3.25. The number of nitrogens with one attached hydrogen (secondary N) is 1. The van der Waals surface area contributed by atoms with Crippen LogP contribution in [0.4, 0.5) is 18.9 Å². The number of benzene rings is 2. The van der Waals surface area contributed by atoms with Crippen LogP contribution in [0.3, 0.4) is 0 Å². The first-order chi connectivity index (χ1) is 12.9. The van der Waals surface area contributed by atoms with Crippen molar-refractivity contribution in [1.29, 1.82) is 0 Å². The van der Waals surface area contributed by atoms with Crippen LogP contribution in [0.15, 0.2) is 35.2 Å². The highest BCUT2D eigenvalue weighted by molar-refractivity contribution is 8.00. The van der Waals surface area contributed by atoms with Crippen LogP contribution in [0.1, 0.15) is 17.5 Å². The molecule has 0 radical (unpaired) electrons. The zero-order chi connectivity index (χ0) is 19.4. The molecule has 0 aliphatic heterocycles. The molecule has 0 bridgehead atoms. The fourth-order valence-electron chi connectivity index (χ4n) is 2.78. The summed E-state index contributed by atoms with van der Waals surface area (Å²) in [6, 6.07) is 7.63. The lowest BCUT2D eigenvalue weighted by molar-refractivity contribution is -0.144. The number of amides is 1. The van der Waals surface area contributed by atoms with Crippen LogP contribution in [-0.4, -0.2) is 24.2 Å². The SMILES string of the molecule is O=C(COC(=O)CSc1ccc2c(c1)CCC2)Nc1ccc(F)c(F)c1F. The van der Waals surface area contributed by atoms with Crippen LogP contribution >= 0.6 is 11.8 Å². The highest BCUT2D eigenvalue weighted by Crippen LogP contribution is 2.27. The normalized spacial score (nSPS) is 12.6. The summed E-state index contributed by atoms with van der Waals surface area (Å²) < 4.78 is 44.3. The molecule has 0 fully saturated rings. The van der Waals surface area contributed by atoms with Crippen molar-refractivity contribution in [3.63, 3.8) is 0 Å². The van der Waals surface area contributed by atoms with E-state index >= 15 is 0 Å². The van der Waals surface area contributed by atoms with Crippen molar-refractivity contribution >= 4 is 29.3 Å². The van der Waals surface area contributed by atoms with Gasteiger partial charge in [0.05, 0.1) is 11.4 Å². The van der Waals surface area contributed by atoms with E-state index in [0.717, 1.165) is 30.2 Å². The summed E-state index contributed by atoms with van der Waals surface area (Å²) in [5, 5.41) is 2.03. The van der Waals surface area contributed by atoms with Gasteiger partial charge in [-0.1, -0.05) is 6.07 Å². The molecular weight excluding hydrogens is 379 g/mol. The summed E-state index contributed by atoms with van der Waals surface area (Å²) in [5.41, 5.74) is 2.10. The molecule has 0 heterocycles. The smallest absolute Gasteiger partial charge is 0.316 e. The van der Waals surface area contributed by atoms with Crippen molar-refractivity contribution in [2.75, 3.05) is 17.7 Å². The highest BCUT2D eigenvalue weighted by atomic mass is 32.2. The Bertz CT molecular complexity index is 889. The number of hydrogen-bond donors (Lipinski definition) is 1. The van der Waals surface area contributed by atoms with E-state index < -0.39 is 41.6 Å². The van der Waals surface area contributed by atoms with Crippen molar-refractivity contribution in [3.8, 4) is 0 Å². The van der Waals surface area contributed by atoms with Gasteiger partial charge in [0.15, 0.2) is 24.1 Å². The molecule has 0 spiro atoms. The van der Waals surface area contributed by atoms with Gasteiger partial charge in [0, 0.05) is 4.90 Å². The number of anilines is 1. The van der Waals surface area contributed by atoms with Gasteiger partial charge in [-0.3, -0.25) is 9.59 Å². The minimum absolute atomic E-state index is 0.0194. The van der Waals surface area contributed by atoms with Crippen molar-refractivity contribution in [1.82, 2.24) is 0 Å². The number of ether oxygens (including phenoxy) is 1. The molecule has 3 rings (SSSR count). The van der Waals surface area contributed by atoms with Gasteiger partial charge < -0.3 is 10.1 Å². The van der Waals surface area contributed by atoms with Crippen LogP contribution in [0, 0.1) is 17.5 Å². The van der Waals surface area contributed by atoms with Gasteiger partial charge in [0.25, 0.3) is 5.91 Å². The highest BCUT2D eigenvalue weighted by Gasteiger charge is 2.16. The first kappa shape index (κ1) is 19.3. The molecular formula is C19H16F3NO3S. The third kappa shape index (κ3) is 4.82. The standard InChI is InChI=1S/C19H16F3NO3S/c20-14-6-7-15(19(22)18(14)21)23-16(24)9-26-17(25)10-27-13-5-4-11-2-1-3-12(11)8-13/h4-8H,1-3,9-10H2,(H,23,24). The van der Waals surface area contributed by atoms with Crippen LogP contribution < -0.4 is 5.32 Å². The molecule has 0 aromatic heterocycles. The van der Waals surface area contributed by atoms with Crippen molar-refractivity contribution in [3.05, 3.63) is 58.9 Å². The maximum Gasteiger partial charge on any atom is 0.316 e. The molecule has 4 nitrogen and oxygen atoms in total. The molecule has 1 aliphatic rings. The Morgan fingerprint density at radius 1 is 1.04 bits per heavy atom. The van der Waals surface area contributed by atoms with Gasteiger partial charge in [0.1, 0.15) is 0 Å². The monoisotopic (exact) mass is 395 g/mol. The molecule has 27 heavy (non-hydrogen) atoms. The molecule has 0 unspecified atom stereocenters. The second-order valence-electron chi connectivity index (χ2n) is 6.00. The molecule has 0 saturated carbocycles. The maximum absolute atomic E-state index is 13.5. The number of thioether (sulfide) groups is 1. The first-order valence-electron chi connectivity index (χ1n) is 8.27. The van der Waals surface area contributed by atoms with E-state index in [-0.39, 0.29) is 5.75 Å². The fraction of sp³-hybridized carbons (Fsp3) is 0.263. The second kappa shape index (κ2) is 8.47. The van der Waals surface area contributed by atoms with Crippen molar-refractivity contribution < 1.29 is 27.5 Å². The molecule has 0 atom stereocenters. The number of rotatable bonds is 6. The van der Waals surface area contributed by atoms with E-state index in [9.17, 15) is 22.8 Å². The summed E-state index contributed by atoms with van der Waals surface area (Å²) in [6.45, 7) is -0.651. The Morgan fingerprint density at radius 3 is 2.63 bits per heavy atom. The molecule has 0 saturated heterocycles. The van der Waals surface area contributed by atoms with Gasteiger partial charge in [-0.25, -0.2) is 13.2 Å². The predicted octanol–water partition coefficient (Wildman–Crippen LogP) is 3.87. The Balaban J connectivity index is 1.45. The first-order valence-corrected chi connectivity index (χ1v) is 9.26. The summed E-state index contributed by atoms with van der Waals surface area (Å²) in [4.78, 5) is 24.4. The molecule has 1 N–H and O–H groups in total. The molecule has 1 amide bonds. The number of fused-ring (bicyclic) bond motifs is 1. The average Bonchev–Trinajstić information content (AvgIpc) is 3.13. The average molecular weight is 395 g/mol. The predicted molar refractivity (Wildman–Crippen MR) is 95.1 cm³/mol. The topological polar surface area (TPSA) is 55.4 Å². The Labute approximate surface area is 158 Å². The summed E-state index contributed by atoms with van der Waals surface area (Å²) in [7, 11) is 0. The van der Waals surface area contributed by atoms with Crippen LogP contribution in [-0.2, 0) is 27.2 Å². The Hall–Kier alpha value is -2.48. The third-order valence-electron chi connectivity index (χ3n) is 4.10. The minimum Gasteiger partial charge on any atom is -0.455 e.